The van der Waals surface area contributed by atoms with Crippen LogP contribution in [0, 0.1) is 0 Å². The molecule has 4 nitrogen and oxygen atoms in total. The number of hydrogen-bond donors (Lipinski definition) is 2. The zero-order chi connectivity index (χ0) is 13.1. The van der Waals surface area contributed by atoms with Crippen LogP contribution in [-0.2, 0) is 4.79 Å². The van der Waals surface area contributed by atoms with Crippen LogP contribution in [0.25, 0.3) is 0 Å². The first-order valence-corrected chi connectivity index (χ1v) is 6.50. The van der Waals surface area contributed by atoms with E-state index in [1.807, 2.05) is 31.2 Å². The molecule has 98 valence electrons. The average Bonchev–Trinajstić information content (AvgIpc) is 2.37. The van der Waals surface area contributed by atoms with Gasteiger partial charge in [0.2, 0.25) is 5.91 Å². The molecule has 5 heteroatoms. The third kappa shape index (κ3) is 2.66. The zero-order valence-corrected chi connectivity index (χ0v) is 11.2. The van der Waals surface area contributed by atoms with Gasteiger partial charge in [0.25, 0.3) is 0 Å². The lowest BCUT2D eigenvalue weighted by atomic mass is 10.0. The van der Waals surface area contributed by atoms with E-state index >= 15 is 0 Å². The van der Waals surface area contributed by atoms with Crippen molar-refractivity contribution in [1.29, 1.82) is 0 Å². The summed E-state index contributed by atoms with van der Waals surface area (Å²) < 4.78 is 0. The molecule has 0 aliphatic carbocycles. The van der Waals surface area contributed by atoms with Gasteiger partial charge in [0, 0.05) is 30.7 Å². The Morgan fingerprint density at radius 3 is 2.78 bits per heavy atom. The summed E-state index contributed by atoms with van der Waals surface area (Å²) in [5, 5.41) is 3.57. The molecule has 0 saturated carbocycles. The number of amides is 1. The lowest BCUT2D eigenvalue weighted by molar-refractivity contribution is -0.129. The number of hydrogen-bond acceptors (Lipinski definition) is 3. The van der Waals surface area contributed by atoms with Gasteiger partial charge in [0.15, 0.2) is 0 Å². The Balaban J connectivity index is 2.22. The van der Waals surface area contributed by atoms with Crippen molar-refractivity contribution in [2.75, 3.05) is 19.6 Å². The number of nitrogens with one attached hydrogen (secondary N) is 1. The second-order valence-corrected chi connectivity index (χ2v) is 4.94. The summed E-state index contributed by atoms with van der Waals surface area (Å²) >= 11 is 5.89. The Bertz CT molecular complexity index is 421. The third-order valence-electron chi connectivity index (χ3n) is 3.42. The molecule has 0 aromatic heterocycles. The number of benzene rings is 1. The van der Waals surface area contributed by atoms with Crippen LogP contribution in [-0.4, -0.2) is 36.5 Å². The fourth-order valence-corrected chi connectivity index (χ4v) is 2.50. The normalized spacial score (nSPS) is 22.6. The SMILES string of the molecule is CC1C(=O)NCCN1C(CN)c1ccc(Cl)cc1. The van der Waals surface area contributed by atoms with E-state index in [0.29, 0.717) is 18.1 Å². The van der Waals surface area contributed by atoms with Crippen molar-refractivity contribution >= 4 is 17.5 Å². The minimum atomic E-state index is -0.150. The molecule has 1 saturated heterocycles. The smallest absolute Gasteiger partial charge is 0.237 e. The zero-order valence-electron chi connectivity index (χ0n) is 10.4. The molecule has 1 aliphatic heterocycles. The van der Waals surface area contributed by atoms with Crippen molar-refractivity contribution in [3.05, 3.63) is 34.9 Å². The molecule has 0 radical (unpaired) electrons. The van der Waals surface area contributed by atoms with Gasteiger partial charge in [-0.25, -0.2) is 0 Å². The van der Waals surface area contributed by atoms with Crippen molar-refractivity contribution in [3.8, 4) is 0 Å². The van der Waals surface area contributed by atoms with E-state index in [2.05, 4.69) is 10.2 Å². The Kier molecular flexibility index (Phi) is 4.22. The highest BCUT2D eigenvalue weighted by Gasteiger charge is 2.31. The fraction of sp³-hybridized carbons (Fsp3) is 0.462. The summed E-state index contributed by atoms with van der Waals surface area (Å²) in [5.74, 6) is 0.0636. The number of nitrogens with zero attached hydrogens (tertiary/aromatic N) is 1. The Morgan fingerprint density at radius 2 is 2.17 bits per heavy atom. The molecule has 3 N–H and O–H groups in total. The van der Waals surface area contributed by atoms with Gasteiger partial charge in [-0.1, -0.05) is 23.7 Å². The number of carbonyl (C=O) groups is 1. The fourth-order valence-electron chi connectivity index (χ4n) is 2.37. The molecule has 1 aliphatic rings. The maximum atomic E-state index is 11.7. The van der Waals surface area contributed by atoms with Crippen molar-refractivity contribution in [3.63, 3.8) is 0 Å². The van der Waals surface area contributed by atoms with E-state index in [1.54, 1.807) is 0 Å². The molecule has 1 fully saturated rings. The van der Waals surface area contributed by atoms with Gasteiger partial charge in [-0.05, 0) is 24.6 Å². The molecule has 2 atom stereocenters. The average molecular weight is 268 g/mol. The number of piperazine rings is 1. The minimum Gasteiger partial charge on any atom is -0.353 e. The van der Waals surface area contributed by atoms with Crippen LogP contribution < -0.4 is 11.1 Å². The third-order valence-corrected chi connectivity index (χ3v) is 3.68. The van der Waals surface area contributed by atoms with Gasteiger partial charge in [0.05, 0.1) is 6.04 Å². The van der Waals surface area contributed by atoms with Gasteiger partial charge in [-0.15, -0.1) is 0 Å². The molecule has 2 rings (SSSR count). The van der Waals surface area contributed by atoms with Gasteiger partial charge < -0.3 is 11.1 Å². The first kappa shape index (κ1) is 13.3. The second kappa shape index (κ2) is 5.69. The molecule has 1 amide bonds. The lowest BCUT2D eigenvalue weighted by Crippen LogP contribution is -2.55. The standard InChI is InChI=1S/C13H18ClN3O/c1-9-13(18)16-6-7-17(9)12(8-15)10-2-4-11(14)5-3-10/h2-5,9,12H,6-8,15H2,1H3,(H,16,18). The van der Waals surface area contributed by atoms with Crippen molar-refractivity contribution in [1.82, 2.24) is 10.2 Å². The summed E-state index contributed by atoms with van der Waals surface area (Å²) in [5.41, 5.74) is 6.98. The molecule has 0 bridgehead atoms. The van der Waals surface area contributed by atoms with E-state index < -0.39 is 0 Å². The number of rotatable bonds is 3. The quantitative estimate of drug-likeness (QED) is 0.864. The first-order valence-electron chi connectivity index (χ1n) is 6.12. The topological polar surface area (TPSA) is 58.4 Å². The second-order valence-electron chi connectivity index (χ2n) is 4.51. The monoisotopic (exact) mass is 267 g/mol. The Labute approximate surface area is 112 Å². The highest BCUT2D eigenvalue weighted by molar-refractivity contribution is 6.30. The minimum absolute atomic E-state index is 0.0586. The highest BCUT2D eigenvalue weighted by Crippen LogP contribution is 2.24. The van der Waals surface area contributed by atoms with Crippen LogP contribution in [0.4, 0.5) is 0 Å². The van der Waals surface area contributed by atoms with Crippen LogP contribution in [0.3, 0.4) is 0 Å². The molecular weight excluding hydrogens is 250 g/mol. The largest absolute Gasteiger partial charge is 0.353 e. The summed E-state index contributed by atoms with van der Waals surface area (Å²) in [6.45, 7) is 3.89. The predicted molar refractivity (Wildman–Crippen MR) is 72.4 cm³/mol. The van der Waals surface area contributed by atoms with E-state index in [4.69, 9.17) is 17.3 Å². The van der Waals surface area contributed by atoms with Crippen molar-refractivity contribution in [2.45, 2.75) is 19.0 Å². The highest BCUT2D eigenvalue weighted by atomic mass is 35.5. The van der Waals surface area contributed by atoms with Gasteiger partial charge in [-0.3, -0.25) is 9.69 Å². The summed E-state index contributed by atoms with van der Waals surface area (Å²) in [7, 11) is 0. The van der Waals surface area contributed by atoms with Crippen molar-refractivity contribution in [2.24, 2.45) is 5.73 Å². The Hall–Kier alpha value is -1.10. The number of nitrogens with two attached hydrogens (primary N) is 1. The van der Waals surface area contributed by atoms with Crippen LogP contribution >= 0.6 is 11.6 Å². The lowest BCUT2D eigenvalue weighted by Gasteiger charge is -2.38. The number of carbonyl (C=O) groups excluding carboxylic acids is 1. The van der Waals surface area contributed by atoms with Crippen molar-refractivity contribution < 1.29 is 4.79 Å². The molecule has 18 heavy (non-hydrogen) atoms. The Morgan fingerprint density at radius 1 is 1.50 bits per heavy atom. The van der Waals surface area contributed by atoms with Crippen LogP contribution in [0.15, 0.2) is 24.3 Å². The van der Waals surface area contributed by atoms with Gasteiger partial charge in [-0.2, -0.15) is 0 Å². The van der Waals surface area contributed by atoms with Gasteiger partial charge in [0.1, 0.15) is 0 Å². The molecule has 1 heterocycles. The van der Waals surface area contributed by atoms with E-state index in [9.17, 15) is 4.79 Å². The van der Waals surface area contributed by atoms with E-state index in [-0.39, 0.29) is 18.0 Å². The maximum absolute atomic E-state index is 11.7. The van der Waals surface area contributed by atoms with Crippen LogP contribution in [0.5, 0.6) is 0 Å². The summed E-state index contributed by atoms with van der Waals surface area (Å²) in [4.78, 5) is 13.8. The molecule has 2 unspecified atom stereocenters. The van der Waals surface area contributed by atoms with Gasteiger partial charge >= 0.3 is 0 Å². The van der Waals surface area contributed by atoms with Crippen LogP contribution in [0.1, 0.15) is 18.5 Å². The molecule has 0 spiro atoms. The van der Waals surface area contributed by atoms with Crippen LogP contribution in [0.2, 0.25) is 5.02 Å². The maximum Gasteiger partial charge on any atom is 0.237 e. The molecule has 1 aromatic carbocycles. The number of halogens is 1. The van der Waals surface area contributed by atoms with E-state index in [1.165, 1.54) is 0 Å². The predicted octanol–water partition coefficient (Wildman–Crippen LogP) is 1.16. The summed E-state index contributed by atoms with van der Waals surface area (Å²) in [6, 6.07) is 7.56. The van der Waals surface area contributed by atoms with E-state index in [0.717, 1.165) is 12.1 Å². The molecule has 1 aromatic rings. The first-order chi connectivity index (χ1) is 8.63. The summed E-state index contributed by atoms with van der Waals surface area (Å²) in [6.07, 6.45) is 0. The molecular formula is C13H18ClN3O.